The number of aliphatic hydroxyl groups is 1. The number of fused-ring (bicyclic) bond motifs is 1. The Bertz CT molecular complexity index is 406. The van der Waals surface area contributed by atoms with Gasteiger partial charge in [0.25, 0.3) is 0 Å². The van der Waals surface area contributed by atoms with Crippen LogP contribution in [0.15, 0.2) is 12.1 Å². The molecule has 2 atom stereocenters. The quantitative estimate of drug-likeness (QED) is 0.831. The number of ether oxygens (including phenoxy) is 2. The van der Waals surface area contributed by atoms with Crippen LogP contribution in [0.3, 0.4) is 0 Å². The highest BCUT2D eigenvalue weighted by atomic mass is 16.5. The Morgan fingerprint density at radius 3 is 2.47 bits per heavy atom. The molecule has 2 N–H and O–H groups in total. The number of nitrogens with one attached hydrogen (secondary N) is 1. The lowest BCUT2D eigenvalue weighted by Crippen LogP contribution is -2.36. The summed E-state index contributed by atoms with van der Waals surface area (Å²) in [6, 6.07) is 3.95. The molecule has 1 aromatic rings. The van der Waals surface area contributed by atoms with Crippen molar-refractivity contribution in [2.24, 2.45) is 0 Å². The van der Waals surface area contributed by atoms with E-state index in [1.165, 1.54) is 0 Å². The highest BCUT2D eigenvalue weighted by Gasteiger charge is 2.28. The average molecular weight is 237 g/mol. The van der Waals surface area contributed by atoms with E-state index in [-0.39, 0.29) is 6.04 Å². The summed E-state index contributed by atoms with van der Waals surface area (Å²) in [6.45, 7) is 0. The van der Waals surface area contributed by atoms with Gasteiger partial charge in [-0.15, -0.1) is 0 Å². The van der Waals surface area contributed by atoms with Crippen molar-refractivity contribution in [2.75, 3.05) is 21.3 Å². The Hall–Kier alpha value is -1.26. The molecule has 2 unspecified atom stereocenters. The van der Waals surface area contributed by atoms with E-state index >= 15 is 0 Å². The molecule has 0 aromatic heterocycles. The zero-order chi connectivity index (χ0) is 12.4. The van der Waals surface area contributed by atoms with Gasteiger partial charge in [0.1, 0.15) is 0 Å². The Morgan fingerprint density at radius 1 is 1.24 bits per heavy atom. The van der Waals surface area contributed by atoms with Gasteiger partial charge in [-0.3, -0.25) is 0 Å². The fourth-order valence-corrected chi connectivity index (χ4v) is 2.42. The summed E-state index contributed by atoms with van der Waals surface area (Å²) < 4.78 is 10.5. The summed E-state index contributed by atoms with van der Waals surface area (Å²) in [4.78, 5) is 0. The minimum Gasteiger partial charge on any atom is -0.493 e. The summed E-state index contributed by atoms with van der Waals surface area (Å²) in [5, 5.41) is 13.4. The van der Waals surface area contributed by atoms with Crippen LogP contribution in [0.1, 0.15) is 23.7 Å². The predicted molar refractivity (Wildman–Crippen MR) is 65.7 cm³/mol. The molecule has 0 fully saturated rings. The number of hydrogen-bond donors (Lipinski definition) is 2. The number of rotatable bonds is 3. The lowest BCUT2D eigenvalue weighted by atomic mass is 9.85. The Labute approximate surface area is 102 Å². The first-order valence-electron chi connectivity index (χ1n) is 5.81. The van der Waals surface area contributed by atoms with Crippen LogP contribution in [0.2, 0.25) is 0 Å². The number of hydrogen-bond acceptors (Lipinski definition) is 4. The Kier molecular flexibility index (Phi) is 3.54. The van der Waals surface area contributed by atoms with Gasteiger partial charge in [-0.25, -0.2) is 0 Å². The van der Waals surface area contributed by atoms with E-state index in [0.717, 1.165) is 29.7 Å². The third-order valence-corrected chi connectivity index (χ3v) is 3.44. The van der Waals surface area contributed by atoms with Gasteiger partial charge < -0.3 is 19.9 Å². The van der Waals surface area contributed by atoms with Crippen molar-refractivity contribution in [3.05, 3.63) is 23.3 Å². The summed E-state index contributed by atoms with van der Waals surface area (Å²) in [5.41, 5.74) is 2.08. The average Bonchev–Trinajstić information content (AvgIpc) is 2.38. The molecule has 94 valence electrons. The maximum atomic E-state index is 10.2. The second-order valence-corrected chi connectivity index (χ2v) is 4.28. The molecule has 17 heavy (non-hydrogen) atoms. The molecule has 4 nitrogen and oxygen atoms in total. The van der Waals surface area contributed by atoms with E-state index < -0.39 is 6.10 Å². The van der Waals surface area contributed by atoms with Crippen LogP contribution in [0, 0.1) is 0 Å². The standard InChI is InChI=1S/C13H19NO3/c1-14-10-5-4-8-6-11(16-2)12(17-3)7-9(8)13(10)15/h6-7,10,13-15H,4-5H2,1-3H3. The molecule has 0 saturated heterocycles. The highest BCUT2D eigenvalue weighted by Crippen LogP contribution is 2.38. The lowest BCUT2D eigenvalue weighted by Gasteiger charge is -2.30. The molecule has 0 heterocycles. The largest absolute Gasteiger partial charge is 0.493 e. The summed E-state index contributed by atoms with van der Waals surface area (Å²) in [6.07, 6.45) is 1.39. The molecule has 0 aliphatic heterocycles. The minimum absolute atomic E-state index is 0.112. The lowest BCUT2D eigenvalue weighted by molar-refractivity contribution is 0.119. The third kappa shape index (κ3) is 2.10. The first kappa shape index (κ1) is 12.2. The van der Waals surface area contributed by atoms with Crippen molar-refractivity contribution in [1.29, 1.82) is 0 Å². The normalized spacial score (nSPS) is 23.1. The van der Waals surface area contributed by atoms with Crippen molar-refractivity contribution in [3.63, 3.8) is 0 Å². The molecule has 1 aromatic carbocycles. The Morgan fingerprint density at radius 2 is 1.88 bits per heavy atom. The molecular formula is C13H19NO3. The van der Waals surface area contributed by atoms with Crippen molar-refractivity contribution >= 4 is 0 Å². The van der Waals surface area contributed by atoms with Crippen molar-refractivity contribution in [2.45, 2.75) is 25.0 Å². The van der Waals surface area contributed by atoms with Gasteiger partial charge in [0.2, 0.25) is 0 Å². The molecule has 2 rings (SSSR count). The SMILES string of the molecule is CNC1CCc2cc(OC)c(OC)cc2C1O. The molecule has 0 bridgehead atoms. The van der Waals surface area contributed by atoms with Gasteiger partial charge in [-0.05, 0) is 43.1 Å². The molecule has 0 radical (unpaired) electrons. The first-order valence-corrected chi connectivity index (χ1v) is 5.81. The molecular weight excluding hydrogens is 218 g/mol. The molecule has 0 saturated carbocycles. The van der Waals surface area contributed by atoms with Crippen LogP contribution in [0.5, 0.6) is 11.5 Å². The van der Waals surface area contributed by atoms with Crippen LogP contribution in [-0.4, -0.2) is 32.4 Å². The minimum atomic E-state index is -0.483. The fourth-order valence-electron chi connectivity index (χ4n) is 2.42. The van der Waals surface area contributed by atoms with Crippen molar-refractivity contribution < 1.29 is 14.6 Å². The fraction of sp³-hybridized carbons (Fsp3) is 0.538. The summed E-state index contributed by atoms with van der Waals surface area (Å²) >= 11 is 0. The highest BCUT2D eigenvalue weighted by molar-refractivity contribution is 5.49. The van der Waals surface area contributed by atoms with Gasteiger partial charge >= 0.3 is 0 Å². The van der Waals surface area contributed by atoms with E-state index in [4.69, 9.17) is 9.47 Å². The van der Waals surface area contributed by atoms with Crippen LogP contribution >= 0.6 is 0 Å². The summed E-state index contributed by atoms with van der Waals surface area (Å²) in [7, 11) is 5.11. The number of aryl methyl sites for hydroxylation is 1. The van der Waals surface area contributed by atoms with E-state index in [1.807, 2.05) is 19.2 Å². The number of benzene rings is 1. The molecule has 1 aliphatic rings. The second-order valence-electron chi connectivity index (χ2n) is 4.28. The monoisotopic (exact) mass is 237 g/mol. The molecule has 0 amide bonds. The molecule has 0 spiro atoms. The van der Waals surface area contributed by atoms with E-state index in [0.29, 0.717) is 5.75 Å². The topological polar surface area (TPSA) is 50.7 Å². The van der Waals surface area contributed by atoms with Gasteiger partial charge in [-0.1, -0.05) is 0 Å². The maximum absolute atomic E-state index is 10.2. The zero-order valence-corrected chi connectivity index (χ0v) is 10.5. The van der Waals surface area contributed by atoms with Gasteiger partial charge in [0, 0.05) is 6.04 Å². The van der Waals surface area contributed by atoms with Gasteiger partial charge in [-0.2, -0.15) is 0 Å². The van der Waals surface area contributed by atoms with Crippen LogP contribution in [0.25, 0.3) is 0 Å². The number of aliphatic hydroxyl groups excluding tert-OH is 1. The van der Waals surface area contributed by atoms with Crippen molar-refractivity contribution in [1.82, 2.24) is 5.32 Å². The van der Waals surface area contributed by atoms with Crippen LogP contribution in [0.4, 0.5) is 0 Å². The van der Waals surface area contributed by atoms with Crippen LogP contribution < -0.4 is 14.8 Å². The zero-order valence-electron chi connectivity index (χ0n) is 10.5. The van der Waals surface area contributed by atoms with E-state index in [9.17, 15) is 5.11 Å². The number of likely N-dealkylation sites (N-methyl/N-ethyl adjacent to an activating group) is 1. The first-order chi connectivity index (χ1) is 8.21. The van der Waals surface area contributed by atoms with Crippen molar-refractivity contribution in [3.8, 4) is 11.5 Å². The predicted octanol–water partition coefficient (Wildman–Crippen LogP) is 1.27. The van der Waals surface area contributed by atoms with E-state index in [2.05, 4.69) is 5.32 Å². The molecule has 4 heteroatoms. The van der Waals surface area contributed by atoms with Gasteiger partial charge in [0.05, 0.1) is 20.3 Å². The van der Waals surface area contributed by atoms with E-state index in [1.54, 1.807) is 14.2 Å². The number of methoxy groups -OCH3 is 2. The Balaban J connectivity index is 2.43. The second kappa shape index (κ2) is 4.94. The smallest absolute Gasteiger partial charge is 0.161 e. The van der Waals surface area contributed by atoms with Crippen LogP contribution in [-0.2, 0) is 6.42 Å². The van der Waals surface area contributed by atoms with Gasteiger partial charge in [0.15, 0.2) is 11.5 Å². The summed E-state index contributed by atoms with van der Waals surface area (Å²) in [5.74, 6) is 1.39. The molecule has 1 aliphatic carbocycles. The third-order valence-electron chi connectivity index (χ3n) is 3.44. The maximum Gasteiger partial charge on any atom is 0.161 e.